The Kier molecular flexibility index (Phi) is 3.48. The lowest BCUT2D eigenvalue weighted by molar-refractivity contribution is 0.0391. The number of morpholine rings is 1. The van der Waals surface area contributed by atoms with Gasteiger partial charge in [0.1, 0.15) is 0 Å². The van der Waals surface area contributed by atoms with Crippen LogP contribution in [0.5, 0.6) is 0 Å². The van der Waals surface area contributed by atoms with E-state index in [0.29, 0.717) is 19.8 Å². The van der Waals surface area contributed by atoms with Gasteiger partial charge in [-0.05, 0) is 13.8 Å². The fourth-order valence-corrected chi connectivity index (χ4v) is 2.79. The van der Waals surface area contributed by atoms with Gasteiger partial charge in [0.15, 0.2) is 5.25 Å². The number of rotatable bonds is 2. The summed E-state index contributed by atoms with van der Waals surface area (Å²) in [7, 11) is -3.47. The third kappa shape index (κ3) is 2.05. The first-order chi connectivity index (χ1) is 6.50. The van der Waals surface area contributed by atoms with Gasteiger partial charge >= 0.3 is 0 Å². The predicted molar refractivity (Wildman–Crippen MR) is 51.0 cm³/mol. The number of nitrogens with zero attached hydrogens (tertiary/aromatic N) is 2. The molecule has 5 nitrogen and oxygen atoms in total. The van der Waals surface area contributed by atoms with Crippen LogP contribution < -0.4 is 0 Å². The minimum atomic E-state index is -3.47. The fourth-order valence-electron chi connectivity index (χ4n) is 1.36. The highest BCUT2D eigenvalue weighted by Gasteiger charge is 2.34. The van der Waals surface area contributed by atoms with E-state index < -0.39 is 15.3 Å². The van der Waals surface area contributed by atoms with Crippen molar-refractivity contribution in [1.82, 2.24) is 4.31 Å². The largest absolute Gasteiger partial charge is 0.378 e. The predicted octanol–water partition coefficient (Wildman–Crippen LogP) is -0.0510. The second kappa shape index (κ2) is 4.26. The smallest absolute Gasteiger partial charge is 0.230 e. The summed E-state index contributed by atoms with van der Waals surface area (Å²) >= 11 is 0. The molecule has 0 aromatic carbocycles. The van der Waals surface area contributed by atoms with Gasteiger partial charge in [0.05, 0.1) is 19.3 Å². The average molecular weight is 218 g/mol. The van der Waals surface area contributed by atoms with Crippen LogP contribution in [0.2, 0.25) is 0 Å². The number of hydrogen-bond acceptors (Lipinski definition) is 4. The highest BCUT2D eigenvalue weighted by Crippen LogP contribution is 2.15. The van der Waals surface area contributed by atoms with Crippen LogP contribution in [0.25, 0.3) is 0 Å². The standard InChI is InChI=1S/C8H14N2O3S/c1-7-6-13-4-3-10(7)14(11,12)8(2)5-9/h7-8H,3-4,6H2,1-2H3/t7-,8?/m1/s1. The number of sulfonamides is 1. The van der Waals surface area contributed by atoms with Crippen LogP contribution in [0.3, 0.4) is 0 Å². The molecule has 1 unspecified atom stereocenters. The molecular formula is C8H14N2O3S. The first kappa shape index (κ1) is 11.4. The Morgan fingerprint density at radius 1 is 1.64 bits per heavy atom. The zero-order valence-electron chi connectivity index (χ0n) is 8.30. The highest BCUT2D eigenvalue weighted by atomic mass is 32.2. The molecule has 0 aromatic rings. The van der Waals surface area contributed by atoms with E-state index in [4.69, 9.17) is 10.00 Å². The molecule has 1 fully saturated rings. The van der Waals surface area contributed by atoms with E-state index in [9.17, 15) is 8.42 Å². The summed E-state index contributed by atoms with van der Waals surface area (Å²) < 4.78 is 30.0. The zero-order valence-corrected chi connectivity index (χ0v) is 9.12. The second-order valence-corrected chi connectivity index (χ2v) is 5.56. The summed E-state index contributed by atoms with van der Waals surface area (Å²) in [6.45, 7) is 4.33. The second-order valence-electron chi connectivity index (χ2n) is 3.35. The summed E-state index contributed by atoms with van der Waals surface area (Å²) in [5.74, 6) is 0. The van der Waals surface area contributed by atoms with Crippen molar-refractivity contribution in [3.8, 4) is 6.07 Å². The van der Waals surface area contributed by atoms with E-state index in [2.05, 4.69) is 0 Å². The molecule has 0 bridgehead atoms. The van der Waals surface area contributed by atoms with Gasteiger partial charge in [-0.2, -0.15) is 9.57 Å². The summed E-state index contributed by atoms with van der Waals surface area (Å²) in [6, 6.07) is 1.58. The van der Waals surface area contributed by atoms with Crippen molar-refractivity contribution in [2.45, 2.75) is 25.1 Å². The Bertz CT molecular complexity index is 333. The molecule has 1 aliphatic heterocycles. The molecule has 0 N–H and O–H groups in total. The van der Waals surface area contributed by atoms with Crippen LogP contribution >= 0.6 is 0 Å². The number of ether oxygens (including phenoxy) is 1. The Morgan fingerprint density at radius 3 is 2.79 bits per heavy atom. The van der Waals surface area contributed by atoms with E-state index in [-0.39, 0.29) is 6.04 Å². The lowest BCUT2D eigenvalue weighted by Crippen LogP contribution is -2.49. The van der Waals surface area contributed by atoms with E-state index >= 15 is 0 Å². The van der Waals surface area contributed by atoms with Gasteiger partial charge in [0.25, 0.3) is 0 Å². The Hall–Kier alpha value is -0.640. The molecule has 0 saturated carbocycles. The Morgan fingerprint density at radius 2 is 2.29 bits per heavy atom. The average Bonchev–Trinajstić information content (AvgIpc) is 2.17. The minimum Gasteiger partial charge on any atom is -0.378 e. The Balaban J connectivity index is 2.87. The van der Waals surface area contributed by atoms with Gasteiger partial charge < -0.3 is 4.74 Å². The van der Waals surface area contributed by atoms with Crippen molar-refractivity contribution in [1.29, 1.82) is 5.26 Å². The molecule has 1 rings (SSSR count). The maximum absolute atomic E-state index is 11.8. The number of nitriles is 1. The molecule has 1 aliphatic rings. The van der Waals surface area contributed by atoms with Crippen LogP contribution in [0, 0.1) is 11.3 Å². The van der Waals surface area contributed by atoms with Crippen molar-refractivity contribution in [3.63, 3.8) is 0 Å². The molecule has 1 saturated heterocycles. The fraction of sp³-hybridized carbons (Fsp3) is 0.875. The molecule has 14 heavy (non-hydrogen) atoms. The summed E-state index contributed by atoms with van der Waals surface area (Å²) in [6.07, 6.45) is 0. The molecular weight excluding hydrogens is 204 g/mol. The molecule has 0 amide bonds. The first-order valence-electron chi connectivity index (χ1n) is 4.48. The highest BCUT2D eigenvalue weighted by molar-refractivity contribution is 7.90. The van der Waals surface area contributed by atoms with E-state index in [1.165, 1.54) is 11.2 Å². The summed E-state index contributed by atoms with van der Waals surface area (Å²) in [5.41, 5.74) is 0. The zero-order chi connectivity index (χ0) is 10.8. The van der Waals surface area contributed by atoms with E-state index in [0.717, 1.165) is 0 Å². The lowest BCUT2D eigenvalue weighted by Gasteiger charge is -2.32. The van der Waals surface area contributed by atoms with Gasteiger partial charge in [0, 0.05) is 12.6 Å². The quantitative estimate of drug-likeness (QED) is 0.651. The van der Waals surface area contributed by atoms with Crippen molar-refractivity contribution in [3.05, 3.63) is 0 Å². The van der Waals surface area contributed by atoms with Crippen LogP contribution in [-0.4, -0.2) is 43.8 Å². The van der Waals surface area contributed by atoms with Gasteiger partial charge in [-0.3, -0.25) is 0 Å². The third-order valence-electron chi connectivity index (χ3n) is 2.26. The van der Waals surface area contributed by atoms with Gasteiger partial charge in [-0.1, -0.05) is 0 Å². The van der Waals surface area contributed by atoms with Crippen molar-refractivity contribution >= 4 is 10.0 Å². The van der Waals surface area contributed by atoms with E-state index in [1.54, 1.807) is 13.0 Å². The maximum Gasteiger partial charge on any atom is 0.230 e. The molecule has 0 aromatic heterocycles. The topological polar surface area (TPSA) is 70.4 Å². The lowest BCUT2D eigenvalue weighted by atomic mass is 10.3. The van der Waals surface area contributed by atoms with Crippen molar-refractivity contribution < 1.29 is 13.2 Å². The molecule has 6 heteroatoms. The maximum atomic E-state index is 11.8. The molecule has 0 spiro atoms. The number of hydrogen-bond donors (Lipinski definition) is 0. The first-order valence-corrected chi connectivity index (χ1v) is 5.98. The van der Waals surface area contributed by atoms with Gasteiger partial charge in [-0.25, -0.2) is 8.42 Å². The molecule has 0 aliphatic carbocycles. The van der Waals surface area contributed by atoms with Gasteiger partial charge in [-0.15, -0.1) is 0 Å². The van der Waals surface area contributed by atoms with Crippen LogP contribution in [0.4, 0.5) is 0 Å². The van der Waals surface area contributed by atoms with E-state index in [1.807, 2.05) is 0 Å². The monoisotopic (exact) mass is 218 g/mol. The van der Waals surface area contributed by atoms with Crippen LogP contribution in [0.1, 0.15) is 13.8 Å². The van der Waals surface area contributed by atoms with Crippen LogP contribution in [0.15, 0.2) is 0 Å². The van der Waals surface area contributed by atoms with Crippen LogP contribution in [-0.2, 0) is 14.8 Å². The summed E-state index contributed by atoms with van der Waals surface area (Å²) in [5, 5.41) is 7.62. The molecule has 1 heterocycles. The normalized spacial score (nSPS) is 26.8. The van der Waals surface area contributed by atoms with Crippen molar-refractivity contribution in [2.24, 2.45) is 0 Å². The minimum absolute atomic E-state index is 0.176. The van der Waals surface area contributed by atoms with Gasteiger partial charge in [0.2, 0.25) is 10.0 Å². The molecule has 2 atom stereocenters. The molecule has 0 radical (unpaired) electrons. The third-order valence-corrected chi connectivity index (χ3v) is 4.46. The molecule has 80 valence electrons. The van der Waals surface area contributed by atoms with Crippen molar-refractivity contribution in [2.75, 3.05) is 19.8 Å². The summed E-state index contributed by atoms with van der Waals surface area (Å²) in [4.78, 5) is 0. The Labute approximate surface area is 84.3 Å². The SMILES string of the molecule is CC(C#N)S(=O)(=O)N1CCOC[C@H]1C.